The SMILES string of the molecule is COc1c(C)cnc(CNc2ccc(Br)cc2Br)c1C. The van der Waals surface area contributed by atoms with Gasteiger partial charge in [0, 0.05) is 32.0 Å². The molecule has 0 radical (unpaired) electrons. The van der Waals surface area contributed by atoms with E-state index < -0.39 is 0 Å². The summed E-state index contributed by atoms with van der Waals surface area (Å²) in [4.78, 5) is 4.48. The van der Waals surface area contributed by atoms with Gasteiger partial charge in [-0.05, 0) is 48.0 Å². The van der Waals surface area contributed by atoms with E-state index in [-0.39, 0.29) is 0 Å². The normalized spacial score (nSPS) is 10.4. The van der Waals surface area contributed by atoms with Crippen LogP contribution in [0.15, 0.2) is 33.3 Å². The van der Waals surface area contributed by atoms with Crippen molar-refractivity contribution in [2.45, 2.75) is 20.4 Å². The Morgan fingerprint density at radius 3 is 2.65 bits per heavy atom. The molecular weight excluding hydrogens is 384 g/mol. The number of halogens is 2. The summed E-state index contributed by atoms with van der Waals surface area (Å²) in [5.41, 5.74) is 4.16. The predicted molar refractivity (Wildman–Crippen MR) is 89.4 cm³/mol. The van der Waals surface area contributed by atoms with Gasteiger partial charge in [-0.1, -0.05) is 15.9 Å². The van der Waals surface area contributed by atoms with Crippen LogP contribution < -0.4 is 10.1 Å². The molecule has 0 saturated heterocycles. The highest BCUT2D eigenvalue weighted by atomic mass is 79.9. The number of aromatic nitrogens is 1. The molecule has 0 aliphatic rings. The molecule has 0 unspecified atom stereocenters. The fourth-order valence-corrected chi connectivity index (χ4v) is 3.25. The Hall–Kier alpha value is -1.07. The van der Waals surface area contributed by atoms with E-state index in [2.05, 4.69) is 42.2 Å². The van der Waals surface area contributed by atoms with Crippen molar-refractivity contribution >= 4 is 37.5 Å². The maximum Gasteiger partial charge on any atom is 0.128 e. The zero-order valence-corrected chi connectivity index (χ0v) is 14.8. The van der Waals surface area contributed by atoms with E-state index in [1.54, 1.807) is 7.11 Å². The molecule has 0 saturated carbocycles. The van der Waals surface area contributed by atoms with Gasteiger partial charge >= 0.3 is 0 Å². The molecule has 1 heterocycles. The summed E-state index contributed by atoms with van der Waals surface area (Å²) in [6, 6.07) is 6.04. The Morgan fingerprint density at radius 2 is 2.00 bits per heavy atom. The summed E-state index contributed by atoms with van der Waals surface area (Å²) in [5, 5.41) is 3.38. The van der Waals surface area contributed by atoms with Gasteiger partial charge in [0.15, 0.2) is 0 Å². The van der Waals surface area contributed by atoms with Crippen molar-refractivity contribution < 1.29 is 4.74 Å². The second-order valence-corrected chi connectivity index (χ2v) is 6.29. The van der Waals surface area contributed by atoms with Crippen LogP contribution in [0.25, 0.3) is 0 Å². The van der Waals surface area contributed by atoms with Crippen LogP contribution in [0.3, 0.4) is 0 Å². The molecule has 1 N–H and O–H groups in total. The lowest BCUT2D eigenvalue weighted by Gasteiger charge is -2.14. The van der Waals surface area contributed by atoms with Crippen LogP contribution in [0.2, 0.25) is 0 Å². The fraction of sp³-hybridized carbons (Fsp3) is 0.267. The van der Waals surface area contributed by atoms with Gasteiger partial charge in [-0.2, -0.15) is 0 Å². The molecule has 0 fully saturated rings. The highest BCUT2D eigenvalue weighted by Crippen LogP contribution is 2.28. The number of methoxy groups -OCH3 is 1. The average molecular weight is 400 g/mol. The smallest absolute Gasteiger partial charge is 0.128 e. The second-order valence-electron chi connectivity index (χ2n) is 4.52. The highest BCUT2D eigenvalue weighted by Gasteiger charge is 2.09. The first-order valence-corrected chi connectivity index (χ1v) is 7.79. The molecule has 106 valence electrons. The first-order valence-electron chi connectivity index (χ1n) is 6.21. The summed E-state index contributed by atoms with van der Waals surface area (Å²) in [5.74, 6) is 0.909. The van der Waals surface area contributed by atoms with Gasteiger partial charge in [0.1, 0.15) is 5.75 Å². The molecule has 0 spiro atoms. The summed E-state index contributed by atoms with van der Waals surface area (Å²) < 4.78 is 7.48. The Balaban J connectivity index is 2.19. The minimum atomic E-state index is 0.655. The lowest BCUT2D eigenvalue weighted by atomic mass is 10.1. The molecule has 0 aliphatic carbocycles. The maximum atomic E-state index is 5.42. The molecule has 0 aliphatic heterocycles. The third-order valence-corrected chi connectivity index (χ3v) is 4.28. The van der Waals surface area contributed by atoms with Crippen LogP contribution in [-0.4, -0.2) is 12.1 Å². The summed E-state index contributed by atoms with van der Waals surface area (Å²) in [6.07, 6.45) is 1.85. The van der Waals surface area contributed by atoms with Gasteiger partial charge < -0.3 is 10.1 Å². The van der Waals surface area contributed by atoms with E-state index in [0.717, 1.165) is 37.2 Å². The molecule has 5 heteroatoms. The number of aryl methyl sites for hydroxylation is 1. The number of anilines is 1. The standard InChI is InChI=1S/C15H16Br2N2O/c1-9-7-18-14(10(2)15(9)20-3)8-19-13-5-4-11(16)6-12(13)17/h4-7,19H,8H2,1-3H3. The van der Waals surface area contributed by atoms with Crippen molar-refractivity contribution in [3.63, 3.8) is 0 Å². The lowest BCUT2D eigenvalue weighted by Crippen LogP contribution is -2.06. The number of rotatable bonds is 4. The summed E-state index contributed by atoms with van der Waals surface area (Å²) in [7, 11) is 1.69. The molecule has 2 aromatic rings. The number of benzene rings is 1. The van der Waals surface area contributed by atoms with Crippen molar-refractivity contribution in [3.8, 4) is 5.75 Å². The number of nitrogens with one attached hydrogen (secondary N) is 1. The fourth-order valence-electron chi connectivity index (χ4n) is 2.06. The van der Waals surface area contributed by atoms with Crippen molar-refractivity contribution in [2.75, 3.05) is 12.4 Å². The highest BCUT2D eigenvalue weighted by molar-refractivity contribution is 9.11. The average Bonchev–Trinajstić information content (AvgIpc) is 2.40. The number of nitrogens with zero attached hydrogens (tertiary/aromatic N) is 1. The predicted octanol–water partition coefficient (Wildman–Crippen LogP) is 4.84. The number of pyridine rings is 1. The van der Waals surface area contributed by atoms with Gasteiger partial charge in [0.05, 0.1) is 19.3 Å². The summed E-state index contributed by atoms with van der Waals surface area (Å²) >= 11 is 6.99. The van der Waals surface area contributed by atoms with Crippen LogP contribution in [0.5, 0.6) is 5.75 Å². The van der Waals surface area contributed by atoms with E-state index in [1.165, 1.54) is 0 Å². The van der Waals surface area contributed by atoms with Crippen molar-refractivity contribution in [1.29, 1.82) is 0 Å². The number of ether oxygens (including phenoxy) is 1. The van der Waals surface area contributed by atoms with Crippen LogP contribution in [0, 0.1) is 13.8 Å². The number of hydrogen-bond donors (Lipinski definition) is 1. The molecule has 2 rings (SSSR count). The molecule has 1 aromatic carbocycles. The minimum Gasteiger partial charge on any atom is -0.496 e. The Bertz CT molecular complexity index is 630. The van der Waals surface area contributed by atoms with Crippen LogP contribution in [0.1, 0.15) is 16.8 Å². The van der Waals surface area contributed by atoms with E-state index >= 15 is 0 Å². The van der Waals surface area contributed by atoms with Gasteiger partial charge in [-0.3, -0.25) is 4.98 Å². The van der Waals surface area contributed by atoms with E-state index in [0.29, 0.717) is 6.54 Å². The van der Waals surface area contributed by atoms with Gasteiger partial charge in [-0.15, -0.1) is 0 Å². The molecule has 3 nitrogen and oxygen atoms in total. The van der Waals surface area contributed by atoms with Crippen molar-refractivity contribution in [2.24, 2.45) is 0 Å². The van der Waals surface area contributed by atoms with E-state index in [4.69, 9.17) is 4.74 Å². The van der Waals surface area contributed by atoms with Gasteiger partial charge in [-0.25, -0.2) is 0 Å². The molecule has 0 bridgehead atoms. The van der Waals surface area contributed by atoms with Crippen LogP contribution in [-0.2, 0) is 6.54 Å². The second kappa shape index (κ2) is 6.59. The Kier molecular flexibility index (Phi) is 5.05. The quantitative estimate of drug-likeness (QED) is 0.798. The Morgan fingerprint density at radius 1 is 1.25 bits per heavy atom. The van der Waals surface area contributed by atoms with Gasteiger partial charge in [0.2, 0.25) is 0 Å². The largest absolute Gasteiger partial charge is 0.496 e. The molecule has 20 heavy (non-hydrogen) atoms. The zero-order chi connectivity index (χ0) is 14.7. The maximum absolute atomic E-state index is 5.42. The van der Waals surface area contributed by atoms with E-state index in [9.17, 15) is 0 Å². The zero-order valence-electron chi connectivity index (χ0n) is 11.6. The lowest BCUT2D eigenvalue weighted by molar-refractivity contribution is 0.407. The third kappa shape index (κ3) is 3.33. The topological polar surface area (TPSA) is 34.1 Å². The molecule has 1 aromatic heterocycles. The third-order valence-electron chi connectivity index (χ3n) is 3.13. The first-order chi connectivity index (χ1) is 9.52. The summed E-state index contributed by atoms with van der Waals surface area (Å²) in [6.45, 7) is 4.69. The van der Waals surface area contributed by atoms with Crippen LogP contribution in [0.4, 0.5) is 5.69 Å². The van der Waals surface area contributed by atoms with E-state index in [1.807, 2.05) is 38.2 Å². The van der Waals surface area contributed by atoms with Gasteiger partial charge in [0.25, 0.3) is 0 Å². The molecule has 0 amide bonds. The number of hydrogen-bond acceptors (Lipinski definition) is 3. The van der Waals surface area contributed by atoms with Crippen LogP contribution >= 0.6 is 31.9 Å². The minimum absolute atomic E-state index is 0.655. The van der Waals surface area contributed by atoms with Crippen molar-refractivity contribution in [3.05, 3.63) is 50.2 Å². The monoisotopic (exact) mass is 398 g/mol. The first kappa shape index (κ1) is 15.3. The molecule has 0 atom stereocenters. The molecular formula is C15H16Br2N2O. The Labute approximate surface area is 136 Å². The van der Waals surface area contributed by atoms with Crippen molar-refractivity contribution in [1.82, 2.24) is 4.98 Å².